The lowest BCUT2D eigenvalue weighted by Crippen LogP contribution is -2.48. The fourth-order valence-corrected chi connectivity index (χ4v) is 1.76. The molecule has 0 aliphatic heterocycles. The van der Waals surface area contributed by atoms with E-state index in [-0.39, 0.29) is 32.2 Å². The van der Waals surface area contributed by atoms with Crippen LogP contribution < -0.4 is 0 Å². The third-order valence-corrected chi connectivity index (χ3v) is 2.86. The molecule has 0 saturated heterocycles. The fourth-order valence-electron chi connectivity index (χ4n) is 1.76. The Hall–Kier alpha value is -1.12. The average molecular weight is 212 g/mol. The zero-order chi connectivity index (χ0) is 11.3. The predicted octanol–water partition coefficient (Wildman–Crippen LogP) is -0.507. The number of hydrogen-bond donors (Lipinski definition) is 2. The van der Waals surface area contributed by atoms with Crippen molar-refractivity contribution in [2.75, 3.05) is 26.3 Å². The van der Waals surface area contributed by atoms with Gasteiger partial charge in [0.15, 0.2) is 0 Å². The molecule has 1 aliphatic rings. The van der Waals surface area contributed by atoms with Crippen LogP contribution in [-0.4, -0.2) is 47.3 Å². The number of carbonyl (C=O) groups excluding carboxylic acids is 1. The molecule has 84 valence electrons. The summed E-state index contributed by atoms with van der Waals surface area (Å²) in [6.45, 7) is 0.0755. The Bertz CT molecular complexity index is 262. The number of amides is 1. The molecule has 1 aliphatic carbocycles. The van der Waals surface area contributed by atoms with Gasteiger partial charge in [0.25, 0.3) is 0 Å². The molecule has 0 spiro atoms. The molecule has 1 amide bonds. The van der Waals surface area contributed by atoms with E-state index in [2.05, 4.69) is 6.07 Å². The first-order valence-electron chi connectivity index (χ1n) is 5.12. The van der Waals surface area contributed by atoms with E-state index < -0.39 is 5.41 Å². The van der Waals surface area contributed by atoms with Crippen LogP contribution in [-0.2, 0) is 4.79 Å². The van der Waals surface area contributed by atoms with Crippen LogP contribution in [0, 0.1) is 16.7 Å². The molecule has 5 heteroatoms. The summed E-state index contributed by atoms with van der Waals surface area (Å²) in [7, 11) is 0. The standard InChI is InChI=1S/C10H16N2O3/c11-8-10(2-1-3-10)9(15)12(4-6-13)5-7-14/h13-14H,1-7H2. The second-order valence-electron chi connectivity index (χ2n) is 3.79. The topological polar surface area (TPSA) is 84.6 Å². The van der Waals surface area contributed by atoms with Gasteiger partial charge in [-0.05, 0) is 19.3 Å². The fraction of sp³-hybridized carbons (Fsp3) is 0.800. The molecule has 15 heavy (non-hydrogen) atoms. The lowest BCUT2D eigenvalue weighted by atomic mass is 9.69. The second-order valence-corrected chi connectivity index (χ2v) is 3.79. The zero-order valence-electron chi connectivity index (χ0n) is 8.65. The Balaban J connectivity index is 2.66. The minimum absolute atomic E-state index is 0.146. The number of aliphatic hydroxyl groups is 2. The zero-order valence-corrected chi connectivity index (χ0v) is 8.65. The molecule has 2 N–H and O–H groups in total. The number of nitriles is 1. The van der Waals surface area contributed by atoms with Gasteiger partial charge in [0.1, 0.15) is 5.41 Å². The maximum Gasteiger partial charge on any atom is 0.243 e. The predicted molar refractivity (Wildman–Crippen MR) is 52.6 cm³/mol. The molecule has 0 heterocycles. The van der Waals surface area contributed by atoms with Crippen LogP contribution in [0.25, 0.3) is 0 Å². The maximum atomic E-state index is 11.9. The highest BCUT2D eigenvalue weighted by atomic mass is 16.3. The molecule has 0 bridgehead atoms. The average Bonchev–Trinajstić information content (AvgIpc) is 2.16. The van der Waals surface area contributed by atoms with Gasteiger partial charge in [0.2, 0.25) is 5.91 Å². The molecule has 1 rings (SSSR count). The van der Waals surface area contributed by atoms with Gasteiger partial charge >= 0.3 is 0 Å². The Morgan fingerprint density at radius 2 is 1.87 bits per heavy atom. The smallest absolute Gasteiger partial charge is 0.243 e. The van der Waals surface area contributed by atoms with E-state index in [4.69, 9.17) is 15.5 Å². The Kier molecular flexibility index (Phi) is 4.06. The molecule has 0 aromatic heterocycles. The molecule has 0 radical (unpaired) electrons. The van der Waals surface area contributed by atoms with Gasteiger partial charge in [0.05, 0.1) is 19.3 Å². The van der Waals surface area contributed by atoms with Crippen LogP contribution in [0.15, 0.2) is 0 Å². The Morgan fingerprint density at radius 3 is 2.13 bits per heavy atom. The van der Waals surface area contributed by atoms with E-state index in [9.17, 15) is 4.79 Å². The van der Waals surface area contributed by atoms with Gasteiger partial charge in [-0.3, -0.25) is 4.79 Å². The largest absolute Gasteiger partial charge is 0.395 e. The Morgan fingerprint density at radius 1 is 1.33 bits per heavy atom. The SMILES string of the molecule is N#CC1(C(=O)N(CCO)CCO)CCC1. The summed E-state index contributed by atoms with van der Waals surface area (Å²) < 4.78 is 0. The summed E-state index contributed by atoms with van der Waals surface area (Å²) in [6, 6.07) is 2.06. The van der Waals surface area contributed by atoms with E-state index in [1.807, 2.05) is 0 Å². The summed E-state index contributed by atoms with van der Waals surface area (Å²) in [4.78, 5) is 13.3. The third kappa shape index (κ3) is 2.28. The number of aliphatic hydroxyl groups excluding tert-OH is 2. The quantitative estimate of drug-likeness (QED) is 0.643. The van der Waals surface area contributed by atoms with Crippen molar-refractivity contribution in [3.8, 4) is 6.07 Å². The van der Waals surface area contributed by atoms with E-state index >= 15 is 0 Å². The van der Waals surface area contributed by atoms with Crippen molar-refractivity contribution < 1.29 is 15.0 Å². The van der Waals surface area contributed by atoms with Gasteiger partial charge < -0.3 is 15.1 Å². The van der Waals surface area contributed by atoms with Gasteiger partial charge in [0, 0.05) is 13.1 Å². The first-order chi connectivity index (χ1) is 7.20. The van der Waals surface area contributed by atoms with Crippen molar-refractivity contribution in [1.82, 2.24) is 4.90 Å². The molecular formula is C10H16N2O3. The summed E-state index contributed by atoms with van der Waals surface area (Å²) >= 11 is 0. The summed E-state index contributed by atoms with van der Waals surface area (Å²) in [5.74, 6) is -0.251. The molecule has 5 nitrogen and oxygen atoms in total. The molecular weight excluding hydrogens is 196 g/mol. The highest BCUT2D eigenvalue weighted by Gasteiger charge is 2.46. The number of hydrogen-bond acceptors (Lipinski definition) is 4. The first kappa shape index (κ1) is 12.0. The van der Waals surface area contributed by atoms with Crippen LogP contribution in [0.2, 0.25) is 0 Å². The molecule has 1 fully saturated rings. The van der Waals surface area contributed by atoms with Gasteiger partial charge in [-0.15, -0.1) is 0 Å². The van der Waals surface area contributed by atoms with Gasteiger partial charge in [-0.25, -0.2) is 0 Å². The number of nitrogens with zero attached hydrogens (tertiary/aromatic N) is 2. The van der Waals surface area contributed by atoms with Crippen molar-refractivity contribution in [2.45, 2.75) is 19.3 Å². The third-order valence-electron chi connectivity index (χ3n) is 2.86. The lowest BCUT2D eigenvalue weighted by molar-refractivity contribution is -0.144. The second kappa shape index (κ2) is 5.10. The minimum Gasteiger partial charge on any atom is -0.395 e. The number of rotatable bonds is 5. The van der Waals surface area contributed by atoms with E-state index in [0.29, 0.717) is 12.8 Å². The minimum atomic E-state index is -0.885. The van der Waals surface area contributed by atoms with Gasteiger partial charge in [-0.2, -0.15) is 5.26 Å². The lowest BCUT2D eigenvalue weighted by Gasteiger charge is -2.37. The van der Waals surface area contributed by atoms with Crippen molar-refractivity contribution in [3.05, 3.63) is 0 Å². The van der Waals surface area contributed by atoms with Crippen LogP contribution in [0.5, 0.6) is 0 Å². The van der Waals surface area contributed by atoms with Crippen LogP contribution in [0.3, 0.4) is 0 Å². The highest BCUT2D eigenvalue weighted by Crippen LogP contribution is 2.41. The molecule has 0 atom stereocenters. The van der Waals surface area contributed by atoms with E-state index in [1.54, 1.807) is 0 Å². The van der Waals surface area contributed by atoms with Crippen molar-refractivity contribution in [2.24, 2.45) is 5.41 Å². The molecule has 1 saturated carbocycles. The van der Waals surface area contributed by atoms with E-state index in [0.717, 1.165) is 6.42 Å². The first-order valence-corrected chi connectivity index (χ1v) is 5.12. The number of carbonyl (C=O) groups is 1. The van der Waals surface area contributed by atoms with Crippen LogP contribution in [0.1, 0.15) is 19.3 Å². The molecule has 0 aromatic rings. The maximum absolute atomic E-state index is 11.9. The monoisotopic (exact) mass is 212 g/mol. The molecule has 0 unspecified atom stereocenters. The van der Waals surface area contributed by atoms with Crippen LogP contribution in [0.4, 0.5) is 0 Å². The molecule has 0 aromatic carbocycles. The van der Waals surface area contributed by atoms with Crippen LogP contribution >= 0.6 is 0 Å². The van der Waals surface area contributed by atoms with Gasteiger partial charge in [-0.1, -0.05) is 0 Å². The van der Waals surface area contributed by atoms with Crippen molar-refractivity contribution in [1.29, 1.82) is 5.26 Å². The summed E-state index contributed by atoms with van der Waals surface area (Å²) in [5, 5.41) is 26.5. The highest BCUT2D eigenvalue weighted by molar-refractivity contribution is 5.86. The Labute approximate surface area is 88.9 Å². The summed E-state index contributed by atoms with van der Waals surface area (Å²) in [6.07, 6.45) is 2.08. The van der Waals surface area contributed by atoms with Crippen molar-refractivity contribution in [3.63, 3.8) is 0 Å². The van der Waals surface area contributed by atoms with E-state index in [1.165, 1.54) is 4.90 Å². The normalized spacial score (nSPS) is 17.7. The van der Waals surface area contributed by atoms with Crippen molar-refractivity contribution >= 4 is 5.91 Å². The summed E-state index contributed by atoms with van der Waals surface area (Å²) in [5.41, 5.74) is -0.885.